The number of carbonyl (C=O) groups excluding carboxylic acids is 1. The van der Waals surface area contributed by atoms with E-state index < -0.39 is 40.4 Å². The highest BCUT2D eigenvalue weighted by molar-refractivity contribution is 9.10. The van der Waals surface area contributed by atoms with Crippen molar-refractivity contribution in [2.24, 2.45) is 0 Å². The van der Waals surface area contributed by atoms with Crippen LogP contribution in [0.4, 0.5) is 5.82 Å². The van der Waals surface area contributed by atoms with Gasteiger partial charge < -0.3 is 15.5 Å². The molecule has 0 aliphatic heterocycles. The number of hydrogen-bond donors (Lipinski definition) is 4. The molecule has 15 heteroatoms. The van der Waals surface area contributed by atoms with Crippen molar-refractivity contribution in [3.05, 3.63) is 64.5 Å². The molecular formula is C20H22BrN7O6S. The first-order chi connectivity index (χ1) is 16.7. The Morgan fingerprint density at radius 2 is 2.09 bits per heavy atom. The first-order valence-electron chi connectivity index (χ1n) is 10.4. The number of ketones is 1. The molecule has 35 heavy (non-hydrogen) atoms. The summed E-state index contributed by atoms with van der Waals surface area (Å²) in [6.07, 6.45) is 1.73. The van der Waals surface area contributed by atoms with Gasteiger partial charge in [-0.2, -0.15) is 18.2 Å². The molecule has 0 unspecified atom stereocenters. The Kier molecular flexibility index (Phi) is 7.53. The van der Waals surface area contributed by atoms with E-state index in [1.54, 1.807) is 29.2 Å². The quantitative estimate of drug-likeness (QED) is 0.252. The van der Waals surface area contributed by atoms with Gasteiger partial charge in [0.05, 0.1) is 23.8 Å². The topological polar surface area (TPSA) is 181 Å². The van der Waals surface area contributed by atoms with Crippen molar-refractivity contribution in [3.63, 3.8) is 0 Å². The van der Waals surface area contributed by atoms with Gasteiger partial charge in [-0.05, 0) is 18.2 Å². The third-order valence-electron chi connectivity index (χ3n) is 5.38. The Morgan fingerprint density at radius 3 is 2.83 bits per heavy atom. The molecule has 0 radical (unpaired) electrons. The van der Waals surface area contributed by atoms with Crippen LogP contribution in [-0.4, -0.2) is 80.5 Å². The van der Waals surface area contributed by atoms with E-state index in [1.165, 1.54) is 12.5 Å². The van der Waals surface area contributed by atoms with Crippen LogP contribution in [0.25, 0.3) is 0 Å². The summed E-state index contributed by atoms with van der Waals surface area (Å²) in [5.74, 6) is -0.366. The maximum atomic E-state index is 13.2. The van der Waals surface area contributed by atoms with Gasteiger partial charge in [-0.25, -0.2) is 9.97 Å². The molecule has 4 N–H and O–H groups in total. The third kappa shape index (κ3) is 5.88. The molecule has 4 rings (SSSR count). The second-order valence-electron chi connectivity index (χ2n) is 7.74. The lowest BCUT2D eigenvalue weighted by Gasteiger charge is -2.19. The van der Waals surface area contributed by atoms with Gasteiger partial charge in [0.2, 0.25) is 5.78 Å². The van der Waals surface area contributed by atoms with Crippen molar-refractivity contribution in [2.45, 2.75) is 37.3 Å². The second kappa shape index (κ2) is 10.4. The lowest BCUT2D eigenvalue weighted by molar-refractivity contribution is -0.00882. The fraction of sp³-hybridized carbons (Fsp3) is 0.350. The molecule has 4 atom stereocenters. The van der Waals surface area contributed by atoms with Gasteiger partial charge in [0, 0.05) is 36.5 Å². The van der Waals surface area contributed by atoms with Crippen LogP contribution in [0.3, 0.4) is 0 Å². The van der Waals surface area contributed by atoms with Crippen molar-refractivity contribution >= 4 is 37.8 Å². The molecule has 3 heterocycles. The van der Waals surface area contributed by atoms with Gasteiger partial charge in [0.1, 0.15) is 36.2 Å². The summed E-state index contributed by atoms with van der Waals surface area (Å²) in [4.78, 5) is 25.4. The van der Waals surface area contributed by atoms with Gasteiger partial charge in [0.15, 0.2) is 0 Å². The van der Waals surface area contributed by atoms with Crippen LogP contribution in [0.2, 0.25) is 0 Å². The van der Waals surface area contributed by atoms with Crippen molar-refractivity contribution in [1.29, 1.82) is 0 Å². The molecule has 186 valence electrons. The van der Waals surface area contributed by atoms with Crippen molar-refractivity contribution in [3.8, 4) is 0 Å². The number of carbonyl (C=O) groups is 1. The fourth-order valence-electron chi connectivity index (χ4n) is 3.63. The van der Waals surface area contributed by atoms with Gasteiger partial charge >= 0.3 is 10.3 Å². The molecule has 0 saturated heterocycles. The summed E-state index contributed by atoms with van der Waals surface area (Å²) in [6.45, 7) is 0.353. The van der Waals surface area contributed by atoms with E-state index in [1.807, 2.05) is 10.8 Å². The van der Waals surface area contributed by atoms with Gasteiger partial charge in [-0.1, -0.05) is 15.9 Å². The van der Waals surface area contributed by atoms with Crippen LogP contribution in [0, 0.1) is 0 Å². The van der Waals surface area contributed by atoms with Crippen LogP contribution in [0.15, 0.2) is 47.6 Å². The van der Waals surface area contributed by atoms with E-state index in [9.17, 15) is 23.4 Å². The minimum atomic E-state index is -4.08. The summed E-state index contributed by atoms with van der Waals surface area (Å²) < 4.78 is 32.7. The van der Waals surface area contributed by atoms with E-state index in [2.05, 4.69) is 41.3 Å². The minimum absolute atomic E-state index is 0.0604. The first-order valence-corrected chi connectivity index (χ1v) is 12.6. The van der Waals surface area contributed by atoms with E-state index in [0.717, 1.165) is 17.2 Å². The number of hydrogen-bond acceptors (Lipinski definition) is 11. The Labute approximate surface area is 209 Å². The summed E-state index contributed by atoms with van der Waals surface area (Å²) in [5.41, 5.74) is 0.983. The monoisotopic (exact) mass is 567 g/mol. The first kappa shape index (κ1) is 25.3. The number of aromatic nitrogens is 5. The highest BCUT2D eigenvalue weighted by Crippen LogP contribution is 2.28. The number of nitrogens with zero attached hydrogens (tertiary/aromatic N) is 5. The Balaban J connectivity index is 1.50. The lowest BCUT2D eigenvalue weighted by atomic mass is 10.1. The summed E-state index contributed by atoms with van der Waals surface area (Å²) in [7, 11) is -2.92. The fourth-order valence-corrected chi connectivity index (χ4v) is 4.63. The molecule has 1 aliphatic carbocycles. The highest BCUT2D eigenvalue weighted by Gasteiger charge is 2.44. The number of rotatable bonds is 9. The minimum Gasteiger partial charge on any atom is -0.388 e. The molecule has 3 aromatic rings. The van der Waals surface area contributed by atoms with E-state index in [4.69, 9.17) is 4.18 Å². The van der Waals surface area contributed by atoms with Gasteiger partial charge in [-0.3, -0.25) is 18.6 Å². The average Bonchev–Trinajstić information content (AvgIpc) is 3.39. The van der Waals surface area contributed by atoms with Crippen molar-refractivity contribution in [1.82, 2.24) is 29.5 Å². The largest absolute Gasteiger partial charge is 0.388 e. The number of anilines is 1. The number of nitrogens with one attached hydrogen (secondary N) is 2. The molecule has 0 amide bonds. The molecule has 13 nitrogen and oxygen atoms in total. The van der Waals surface area contributed by atoms with Crippen molar-refractivity contribution in [2.75, 3.05) is 12.4 Å². The second-order valence-corrected chi connectivity index (χ2v) is 10.2. The number of pyridine rings is 1. The zero-order valence-electron chi connectivity index (χ0n) is 18.3. The molecule has 0 bridgehead atoms. The van der Waals surface area contributed by atoms with Gasteiger partial charge in [0.25, 0.3) is 0 Å². The van der Waals surface area contributed by atoms with Crippen LogP contribution >= 0.6 is 15.9 Å². The van der Waals surface area contributed by atoms with E-state index in [0.29, 0.717) is 6.54 Å². The predicted molar refractivity (Wildman–Crippen MR) is 126 cm³/mol. The maximum Gasteiger partial charge on any atom is 0.335 e. The van der Waals surface area contributed by atoms with Crippen LogP contribution in [0.5, 0.6) is 0 Å². The summed E-state index contributed by atoms with van der Waals surface area (Å²) in [5, 5.41) is 27.9. The molecule has 0 aromatic carbocycles. The van der Waals surface area contributed by atoms with Gasteiger partial charge in [-0.15, -0.1) is 0 Å². The summed E-state index contributed by atoms with van der Waals surface area (Å²) >= 11 is 3.39. The summed E-state index contributed by atoms with van der Waals surface area (Å²) in [6, 6.07) is 4.36. The standard InChI is InChI=1S/C20H22BrN7O6S/c1-22-35(32,33)34-16-7-15(18(30)19(16)31)26-20-13(8-23-10-25-20)17(29)14-3-5-28(27-14)9-12-6-11(21)2-4-24-12/h2-6,8,10,15-16,18-19,22,30-31H,7,9H2,1H3,(H,23,25,26)/t15-,16-,18+,19+/m1/s1. The van der Waals surface area contributed by atoms with E-state index >= 15 is 0 Å². The lowest BCUT2D eigenvalue weighted by Crippen LogP contribution is -2.38. The highest BCUT2D eigenvalue weighted by atomic mass is 79.9. The molecule has 1 fully saturated rings. The molecule has 3 aromatic heterocycles. The smallest absolute Gasteiger partial charge is 0.335 e. The third-order valence-corrected chi connectivity index (χ3v) is 6.88. The normalized spacial score (nSPS) is 22.3. The number of aliphatic hydroxyl groups is 2. The zero-order valence-corrected chi connectivity index (χ0v) is 20.7. The van der Waals surface area contributed by atoms with Crippen molar-refractivity contribution < 1.29 is 27.6 Å². The Morgan fingerprint density at radius 1 is 1.29 bits per heavy atom. The van der Waals surface area contributed by atoms with Crippen LogP contribution in [0.1, 0.15) is 28.2 Å². The van der Waals surface area contributed by atoms with Crippen LogP contribution in [-0.2, 0) is 21.0 Å². The number of aliphatic hydroxyl groups excluding tert-OH is 2. The number of halogens is 1. The van der Waals surface area contributed by atoms with E-state index in [-0.39, 0.29) is 23.5 Å². The average molecular weight is 568 g/mol. The Hall–Kier alpha value is -2.82. The Bertz CT molecular complexity index is 1320. The predicted octanol–water partition coefficient (Wildman–Crippen LogP) is -0.135. The molecule has 0 spiro atoms. The molecule has 1 saturated carbocycles. The maximum absolute atomic E-state index is 13.2. The van der Waals surface area contributed by atoms with Crippen LogP contribution < -0.4 is 10.0 Å². The zero-order chi connectivity index (χ0) is 25.2. The molecule has 1 aliphatic rings. The molecular weight excluding hydrogens is 546 g/mol. The SMILES string of the molecule is CNS(=O)(=O)O[C@@H]1C[C@@H](Nc2ncncc2C(=O)c2ccn(Cc3cc(Br)ccn3)n2)[C@H](O)[C@H]1O.